The average molecular weight is 310 g/mol. The molecule has 22 heavy (non-hydrogen) atoms. The van der Waals surface area contributed by atoms with E-state index in [4.69, 9.17) is 10.8 Å². The molecule has 0 saturated carbocycles. The number of aliphatic imine (C=N–C) groups is 1. The number of allylic oxidation sites excluding steroid dienone is 2. The van der Waals surface area contributed by atoms with Crippen LogP contribution in [0.15, 0.2) is 16.3 Å². The Morgan fingerprint density at radius 2 is 2.00 bits per heavy atom. The number of hydrogen-bond acceptors (Lipinski definition) is 5. The van der Waals surface area contributed by atoms with Gasteiger partial charge in [-0.2, -0.15) is 0 Å². The summed E-state index contributed by atoms with van der Waals surface area (Å²) in [5, 5.41) is 18.8. The first-order valence-electron chi connectivity index (χ1n) is 7.59. The maximum atomic E-state index is 12.1. The molecule has 0 spiro atoms. The predicted molar refractivity (Wildman–Crippen MR) is 85.1 cm³/mol. The fraction of sp³-hybridized carbons (Fsp3) is 0.688. The van der Waals surface area contributed by atoms with E-state index in [-0.39, 0.29) is 17.0 Å². The van der Waals surface area contributed by atoms with Crippen LogP contribution in [0.4, 0.5) is 0 Å². The number of unbranched alkanes of at least 4 members (excludes halogenated alkanes) is 1. The third-order valence-corrected chi connectivity index (χ3v) is 3.80. The highest BCUT2D eigenvalue weighted by molar-refractivity contribution is 6.22. The summed E-state index contributed by atoms with van der Waals surface area (Å²) in [6, 6.07) is -0.834. The number of nitrogens with zero attached hydrogens (tertiary/aromatic N) is 1. The van der Waals surface area contributed by atoms with Crippen LogP contribution in [0, 0.1) is 5.41 Å². The summed E-state index contributed by atoms with van der Waals surface area (Å²) in [6.07, 6.45) is 2.66. The van der Waals surface area contributed by atoms with Crippen LogP contribution in [0.3, 0.4) is 0 Å². The van der Waals surface area contributed by atoms with Crippen molar-refractivity contribution in [3.8, 4) is 0 Å². The van der Waals surface area contributed by atoms with E-state index >= 15 is 0 Å². The molecule has 0 aliphatic heterocycles. The van der Waals surface area contributed by atoms with Gasteiger partial charge in [0.2, 0.25) is 0 Å². The van der Waals surface area contributed by atoms with Crippen molar-refractivity contribution in [1.82, 2.24) is 0 Å². The van der Waals surface area contributed by atoms with Gasteiger partial charge in [0.25, 0.3) is 0 Å². The van der Waals surface area contributed by atoms with Crippen molar-refractivity contribution < 1.29 is 19.8 Å². The number of hydrogen-bond donors (Lipinski definition) is 3. The lowest BCUT2D eigenvalue weighted by Crippen LogP contribution is -2.29. The van der Waals surface area contributed by atoms with Crippen LogP contribution >= 0.6 is 0 Å². The molecule has 0 amide bonds. The second-order valence-electron chi connectivity index (χ2n) is 6.67. The second-order valence-corrected chi connectivity index (χ2v) is 6.67. The van der Waals surface area contributed by atoms with Gasteiger partial charge in [-0.3, -0.25) is 14.6 Å². The number of aliphatic hydroxyl groups is 1. The Labute approximate surface area is 131 Å². The first kappa shape index (κ1) is 18.4. The summed E-state index contributed by atoms with van der Waals surface area (Å²) >= 11 is 0. The molecule has 0 radical (unpaired) electrons. The molecule has 1 atom stereocenters. The summed E-state index contributed by atoms with van der Waals surface area (Å²) in [4.78, 5) is 27.0. The van der Waals surface area contributed by atoms with Gasteiger partial charge in [-0.05, 0) is 31.6 Å². The van der Waals surface area contributed by atoms with Gasteiger partial charge in [-0.15, -0.1) is 0 Å². The highest BCUT2D eigenvalue weighted by Gasteiger charge is 2.33. The molecule has 124 valence electrons. The summed E-state index contributed by atoms with van der Waals surface area (Å²) < 4.78 is 0. The van der Waals surface area contributed by atoms with Crippen LogP contribution < -0.4 is 5.73 Å². The Morgan fingerprint density at radius 3 is 2.55 bits per heavy atom. The number of nitrogens with two attached hydrogens (primary N) is 1. The molecule has 0 bridgehead atoms. The van der Waals surface area contributed by atoms with Crippen molar-refractivity contribution in [3.05, 3.63) is 11.3 Å². The minimum atomic E-state index is -0.995. The van der Waals surface area contributed by atoms with E-state index in [2.05, 4.69) is 4.99 Å². The van der Waals surface area contributed by atoms with Crippen molar-refractivity contribution in [1.29, 1.82) is 0 Å². The maximum Gasteiger partial charge on any atom is 0.320 e. The third kappa shape index (κ3) is 5.26. The zero-order valence-electron chi connectivity index (χ0n) is 13.6. The number of carbonyl (C=O) groups is 2. The number of aliphatic hydroxyl groups excluding tert-OH is 1. The first-order chi connectivity index (χ1) is 10.1. The standard InChI is InChI=1S/C16H26N2O4/c1-10(18-7-5-4-6-11(17)15(21)22)14-12(19)8-16(2,3)9-13(14)20/h11,19H,4-9,17H2,1-3H3,(H,21,22)/t11-/m0/s1. The van der Waals surface area contributed by atoms with Crippen LogP contribution in [0.2, 0.25) is 0 Å². The van der Waals surface area contributed by atoms with Crippen LogP contribution in [0.25, 0.3) is 0 Å². The molecular weight excluding hydrogens is 284 g/mol. The van der Waals surface area contributed by atoms with Gasteiger partial charge in [-0.25, -0.2) is 0 Å². The van der Waals surface area contributed by atoms with Gasteiger partial charge in [0.15, 0.2) is 5.78 Å². The quantitative estimate of drug-likeness (QED) is 0.493. The lowest BCUT2D eigenvalue weighted by molar-refractivity contribution is -0.138. The third-order valence-electron chi connectivity index (χ3n) is 3.80. The Balaban J connectivity index is 2.55. The van der Waals surface area contributed by atoms with Crippen LogP contribution in [0.1, 0.15) is 52.9 Å². The molecule has 6 heteroatoms. The molecule has 1 aliphatic carbocycles. The lowest BCUT2D eigenvalue weighted by Gasteiger charge is -2.29. The van der Waals surface area contributed by atoms with Gasteiger partial charge in [0, 0.05) is 25.1 Å². The number of aliphatic carboxylic acids is 1. The van der Waals surface area contributed by atoms with Crippen molar-refractivity contribution in [3.63, 3.8) is 0 Å². The monoisotopic (exact) mass is 310 g/mol. The SMILES string of the molecule is CC(=NCCCC[C@H](N)C(=O)O)C1=C(O)CC(C)(C)CC1=O. The van der Waals surface area contributed by atoms with Gasteiger partial charge >= 0.3 is 5.97 Å². The minimum absolute atomic E-state index is 0.0668. The maximum absolute atomic E-state index is 12.1. The zero-order valence-corrected chi connectivity index (χ0v) is 13.6. The van der Waals surface area contributed by atoms with Crippen LogP contribution in [-0.2, 0) is 9.59 Å². The molecular formula is C16H26N2O4. The van der Waals surface area contributed by atoms with Gasteiger partial charge in [0.05, 0.1) is 5.57 Å². The predicted octanol–water partition coefficient (Wildman–Crippen LogP) is 2.23. The van der Waals surface area contributed by atoms with E-state index in [1.54, 1.807) is 6.92 Å². The molecule has 1 aliphatic rings. The fourth-order valence-electron chi connectivity index (χ4n) is 2.62. The minimum Gasteiger partial charge on any atom is -0.511 e. The molecule has 0 aromatic rings. The van der Waals surface area contributed by atoms with Crippen molar-refractivity contribution in [2.24, 2.45) is 16.1 Å². The van der Waals surface area contributed by atoms with Gasteiger partial charge in [-0.1, -0.05) is 13.8 Å². The zero-order chi connectivity index (χ0) is 16.9. The number of carboxylic acids is 1. The average Bonchev–Trinajstić information content (AvgIpc) is 2.35. The largest absolute Gasteiger partial charge is 0.511 e. The molecule has 4 N–H and O–H groups in total. The normalized spacial score (nSPS) is 20.2. The summed E-state index contributed by atoms with van der Waals surface area (Å²) in [5.41, 5.74) is 6.11. The first-order valence-corrected chi connectivity index (χ1v) is 7.59. The van der Waals surface area contributed by atoms with Crippen LogP contribution in [-0.4, -0.2) is 40.3 Å². The van der Waals surface area contributed by atoms with Crippen molar-refractivity contribution >= 4 is 17.5 Å². The Kier molecular flexibility index (Phi) is 6.29. The number of rotatable bonds is 7. The molecule has 6 nitrogen and oxygen atoms in total. The Morgan fingerprint density at radius 1 is 1.36 bits per heavy atom. The topological polar surface area (TPSA) is 113 Å². The van der Waals surface area contributed by atoms with E-state index in [9.17, 15) is 14.7 Å². The van der Waals surface area contributed by atoms with E-state index in [0.717, 1.165) is 0 Å². The Hall–Kier alpha value is -1.69. The number of carboxylic acid groups (broad SMARTS) is 1. The summed E-state index contributed by atoms with van der Waals surface area (Å²) in [5.74, 6) is -0.941. The molecule has 1 rings (SSSR count). The van der Waals surface area contributed by atoms with Crippen molar-refractivity contribution in [2.75, 3.05) is 6.54 Å². The highest BCUT2D eigenvalue weighted by atomic mass is 16.4. The highest BCUT2D eigenvalue weighted by Crippen LogP contribution is 2.36. The van der Waals surface area contributed by atoms with Gasteiger partial charge in [0.1, 0.15) is 11.8 Å². The molecule has 0 unspecified atom stereocenters. The molecule has 0 saturated heterocycles. The van der Waals surface area contributed by atoms with E-state index < -0.39 is 12.0 Å². The number of Topliss-reactive ketones (excluding diaryl/α,β-unsaturated/α-hetero) is 1. The van der Waals surface area contributed by atoms with E-state index in [1.807, 2.05) is 13.8 Å². The number of carbonyl (C=O) groups excluding carboxylic acids is 1. The fourth-order valence-corrected chi connectivity index (χ4v) is 2.62. The van der Waals surface area contributed by atoms with E-state index in [0.29, 0.717) is 49.9 Å². The molecule has 0 aromatic heterocycles. The van der Waals surface area contributed by atoms with E-state index in [1.165, 1.54) is 0 Å². The smallest absolute Gasteiger partial charge is 0.320 e. The van der Waals surface area contributed by atoms with Crippen molar-refractivity contribution in [2.45, 2.75) is 58.9 Å². The number of ketones is 1. The Bertz CT molecular complexity index is 506. The lowest BCUT2D eigenvalue weighted by atomic mass is 9.76. The molecule has 0 heterocycles. The molecule has 0 aromatic carbocycles. The molecule has 0 fully saturated rings. The second kappa shape index (κ2) is 7.54. The summed E-state index contributed by atoms with van der Waals surface area (Å²) in [7, 11) is 0. The van der Waals surface area contributed by atoms with Crippen LogP contribution in [0.5, 0.6) is 0 Å². The summed E-state index contributed by atoms with van der Waals surface area (Å²) in [6.45, 7) is 6.13. The van der Waals surface area contributed by atoms with Gasteiger partial charge < -0.3 is 15.9 Å².